The SMILES string of the molecule is COC(=O)N1c2c(ccc(OC)c2OC)[C@@]23CCN4CCC[C@]5(CC[C@]12[C@](O)(C(=O)OC)C5)[C@]43C#N. The Balaban J connectivity index is 1.82. The highest BCUT2D eigenvalue weighted by atomic mass is 16.6. The Hall–Kier alpha value is -3.03. The van der Waals surface area contributed by atoms with E-state index in [2.05, 4.69) is 11.0 Å². The Morgan fingerprint density at radius 1 is 1.03 bits per heavy atom. The van der Waals surface area contributed by atoms with Crippen LogP contribution >= 0.6 is 0 Å². The molecule has 2 saturated heterocycles. The molecule has 2 bridgehead atoms. The van der Waals surface area contributed by atoms with Crippen LogP contribution in [0.25, 0.3) is 0 Å². The second-order valence-corrected chi connectivity index (χ2v) is 10.7. The number of piperidine rings is 1. The van der Waals surface area contributed by atoms with E-state index in [1.165, 1.54) is 33.3 Å². The van der Waals surface area contributed by atoms with E-state index in [1.807, 2.05) is 6.07 Å². The topological polar surface area (TPSA) is 122 Å². The van der Waals surface area contributed by atoms with Gasteiger partial charge in [-0.3, -0.25) is 9.80 Å². The van der Waals surface area contributed by atoms with Crippen molar-refractivity contribution >= 4 is 17.7 Å². The number of anilines is 1. The number of amides is 1. The van der Waals surface area contributed by atoms with Gasteiger partial charge in [0.05, 0.1) is 45.6 Å². The number of fused-ring (bicyclic) bond motifs is 3. The van der Waals surface area contributed by atoms with Crippen LogP contribution in [0.2, 0.25) is 0 Å². The normalized spacial score (nSPS) is 39.5. The molecular formula is C26H31N3O7. The van der Waals surface area contributed by atoms with Crippen LogP contribution in [0, 0.1) is 16.7 Å². The average Bonchev–Trinajstić information content (AvgIpc) is 3.39. The molecule has 1 aromatic carbocycles. The Kier molecular flexibility index (Phi) is 4.57. The van der Waals surface area contributed by atoms with Gasteiger partial charge >= 0.3 is 12.1 Å². The lowest BCUT2D eigenvalue weighted by Gasteiger charge is -2.74. The predicted molar refractivity (Wildman–Crippen MR) is 126 cm³/mol. The number of carbonyl (C=O) groups excluding carboxylic acids is 2. The maximum Gasteiger partial charge on any atom is 0.414 e. The van der Waals surface area contributed by atoms with Crippen molar-refractivity contribution in [3.8, 4) is 17.6 Å². The lowest BCUT2D eigenvalue weighted by Crippen LogP contribution is -2.90. The van der Waals surface area contributed by atoms with Gasteiger partial charge in [0, 0.05) is 12.0 Å². The lowest BCUT2D eigenvalue weighted by molar-refractivity contribution is -0.244. The summed E-state index contributed by atoms with van der Waals surface area (Å²) in [6, 6.07) is 6.38. The van der Waals surface area contributed by atoms with Crippen LogP contribution in [-0.4, -0.2) is 80.3 Å². The zero-order valence-corrected chi connectivity index (χ0v) is 21.0. The van der Waals surface area contributed by atoms with Crippen LogP contribution in [0.4, 0.5) is 10.5 Å². The summed E-state index contributed by atoms with van der Waals surface area (Å²) < 4.78 is 21.9. The van der Waals surface area contributed by atoms with Gasteiger partial charge in [-0.1, -0.05) is 6.07 Å². The molecule has 10 heteroatoms. The number of carbonyl (C=O) groups is 2. The van der Waals surface area contributed by atoms with Crippen molar-refractivity contribution in [1.82, 2.24) is 4.90 Å². The van der Waals surface area contributed by atoms with Gasteiger partial charge in [0.25, 0.3) is 0 Å². The molecule has 1 N–H and O–H groups in total. The number of hydrogen-bond donors (Lipinski definition) is 1. The molecule has 1 aromatic rings. The van der Waals surface area contributed by atoms with Gasteiger partial charge in [-0.05, 0) is 56.7 Å². The Morgan fingerprint density at radius 3 is 2.44 bits per heavy atom. The first-order valence-corrected chi connectivity index (χ1v) is 12.4. The highest BCUT2D eigenvalue weighted by Crippen LogP contribution is 2.81. The van der Waals surface area contributed by atoms with E-state index in [0.717, 1.165) is 13.0 Å². The molecule has 3 saturated carbocycles. The summed E-state index contributed by atoms with van der Waals surface area (Å²) in [6.07, 6.45) is 2.23. The van der Waals surface area contributed by atoms with Gasteiger partial charge in [-0.25, -0.2) is 9.59 Å². The standard InChI is InChI=1S/C26H31N3O7/c1-33-17-7-6-16-18(19(17)34-2)29(21(31)36-4)25-10-9-22(14-24(25,32)20(30)35-3)8-5-12-28-13-11-23(16,25)26(22,28)15-27/h6-7,32H,5,8-14H2,1-4H3/t22-,23+,24-,25+,26+/m1/s1. The molecule has 3 heterocycles. The summed E-state index contributed by atoms with van der Waals surface area (Å²) in [5, 5.41) is 23.7. The van der Waals surface area contributed by atoms with Crippen molar-refractivity contribution in [2.75, 3.05) is 46.4 Å². The number of hydrogen-bond acceptors (Lipinski definition) is 9. The van der Waals surface area contributed by atoms with Crippen molar-refractivity contribution in [2.24, 2.45) is 5.41 Å². The third-order valence-electron chi connectivity index (χ3n) is 10.3. The van der Waals surface area contributed by atoms with Crippen molar-refractivity contribution < 1.29 is 33.6 Å². The Labute approximate surface area is 209 Å². The third-order valence-corrected chi connectivity index (χ3v) is 10.3. The fourth-order valence-corrected chi connectivity index (χ4v) is 9.46. The van der Waals surface area contributed by atoms with E-state index in [-0.39, 0.29) is 6.42 Å². The molecule has 0 aromatic heterocycles. The minimum atomic E-state index is -2.07. The van der Waals surface area contributed by atoms with Crippen LogP contribution in [0.15, 0.2) is 12.1 Å². The molecule has 192 valence electrons. The van der Waals surface area contributed by atoms with Gasteiger partial charge < -0.3 is 24.1 Å². The fourth-order valence-electron chi connectivity index (χ4n) is 9.46. The molecule has 6 aliphatic rings. The van der Waals surface area contributed by atoms with Crippen LogP contribution < -0.4 is 14.4 Å². The molecule has 7 rings (SSSR count). The highest BCUT2D eigenvalue weighted by Gasteiger charge is 2.92. The Morgan fingerprint density at radius 2 is 1.81 bits per heavy atom. The maximum absolute atomic E-state index is 13.7. The van der Waals surface area contributed by atoms with E-state index in [4.69, 9.17) is 18.9 Å². The number of benzene rings is 1. The predicted octanol–water partition coefficient (Wildman–Crippen LogP) is 2.12. The van der Waals surface area contributed by atoms with Crippen LogP contribution in [0.3, 0.4) is 0 Å². The minimum Gasteiger partial charge on any atom is -0.493 e. The molecule has 3 spiro atoms. The van der Waals surface area contributed by atoms with Crippen LogP contribution in [0.1, 0.15) is 44.1 Å². The fraction of sp³-hybridized carbons (Fsp3) is 0.654. The minimum absolute atomic E-state index is 0.0272. The number of aliphatic hydroxyl groups is 1. The van der Waals surface area contributed by atoms with Gasteiger partial charge in [0.2, 0.25) is 0 Å². The zero-order chi connectivity index (χ0) is 25.7. The first kappa shape index (κ1) is 23.4. The van der Waals surface area contributed by atoms with Gasteiger partial charge in [0.15, 0.2) is 17.1 Å². The molecule has 3 aliphatic heterocycles. The molecule has 10 nitrogen and oxygen atoms in total. The van der Waals surface area contributed by atoms with Gasteiger partial charge in [-0.15, -0.1) is 0 Å². The first-order chi connectivity index (χ1) is 17.3. The summed E-state index contributed by atoms with van der Waals surface area (Å²) in [5.74, 6) is -0.109. The van der Waals surface area contributed by atoms with E-state index in [0.29, 0.717) is 55.0 Å². The number of esters is 1. The van der Waals surface area contributed by atoms with E-state index in [9.17, 15) is 20.0 Å². The first-order valence-electron chi connectivity index (χ1n) is 12.4. The molecule has 3 aliphatic carbocycles. The van der Waals surface area contributed by atoms with E-state index in [1.54, 1.807) is 6.07 Å². The largest absolute Gasteiger partial charge is 0.493 e. The molecule has 5 fully saturated rings. The number of nitrogens with zero attached hydrogens (tertiary/aromatic N) is 3. The number of rotatable bonds is 3. The second kappa shape index (κ2) is 7.05. The molecule has 5 atom stereocenters. The summed E-state index contributed by atoms with van der Waals surface area (Å²) in [5.41, 5.74) is -5.29. The van der Waals surface area contributed by atoms with Gasteiger partial charge in [-0.2, -0.15) is 5.26 Å². The zero-order valence-electron chi connectivity index (χ0n) is 21.0. The lowest BCUT2D eigenvalue weighted by atomic mass is 9.32. The van der Waals surface area contributed by atoms with Crippen LogP contribution in [-0.2, 0) is 19.7 Å². The van der Waals surface area contributed by atoms with E-state index < -0.39 is 39.6 Å². The van der Waals surface area contributed by atoms with Crippen molar-refractivity contribution in [3.05, 3.63) is 17.7 Å². The summed E-state index contributed by atoms with van der Waals surface area (Å²) in [7, 11) is 5.51. The monoisotopic (exact) mass is 497 g/mol. The number of nitriles is 1. The summed E-state index contributed by atoms with van der Waals surface area (Å²) in [6.45, 7) is 1.35. The maximum atomic E-state index is 13.7. The third kappa shape index (κ3) is 1.97. The smallest absolute Gasteiger partial charge is 0.414 e. The Bertz CT molecular complexity index is 1230. The van der Waals surface area contributed by atoms with Crippen LogP contribution in [0.5, 0.6) is 11.5 Å². The highest BCUT2D eigenvalue weighted by molar-refractivity contribution is 6.02. The quantitative estimate of drug-likeness (QED) is 0.626. The molecule has 1 amide bonds. The molecule has 0 radical (unpaired) electrons. The number of methoxy groups -OCH3 is 4. The van der Waals surface area contributed by atoms with Crippen molar-refractivity contribution in [1.29, 1.82) is 5.26 Å². The van der Waals surface area contributed by atoms with E-state index >= 15 is 0 Å². The van der Waals surface area contributed by atoms with Crippen molar-refractivity contribution in [3.63, 3.8) is 0 Å². The molecular weight excluding hydrogens is 466 g/mol. The molecule has 36 heavy (non-hydrogen) atoms. The molecule has 0 unspecified atom stereocenters. The van der Waals surface area contributed by atoms with Crippen molar-refractivity contribution in [2.45, 2.75) is 60.6 Å². The second-order valence-electron chi connectivity index (χ2n) is 10.7. The summed E-state index contributed by atoms with van der Waals surface area (Å²) >= 11 is 0. The van der Waals surface area contributed by atoms with Gasteiger partial charge in [0.1, 0.15) is 11.1 Å². The average molecular weight is 498 g/mol. The summed E-state index contributed by atoms with van der Waals surface area (Å²) in [4.78, 5) is 31.0. The number of ether oxygens (including phenoxy) is 4.